The highest BCUT2D eigenvalue weighted by molar-refractivity contribution is 7.99. The van der Waals surface area contributed by atoms with Crippen molar-refractivity contribution in [3.63, 3.8) is 0 Å². The molecular formula is C18H24N4O2S. The fourth-order valence-corrected chi connectivity index (χ4v) is 3.89. The summed E-state index contributed by atoms with van der Waals surface area (Å²) in [5.41, 5.74) is 1.42. The van der Waals surface area contributed by atoms with Crippen LogP contribution in [0.5, 0.6) is 0 Å². The van der Waals surface area contributed by atoms with Gasteiger partial charge in [0.1, 0.15) is 5.03 Å². The van der Waals surface area contributed by atoms with Crippen LogP contribution in [0.3, 0.4) is 0 Å². The van der Waals surface area contributed by atoms with E-state index in [1.165, 1.54) is 0 Å². The second kappa shape index (κ2) is 8.51. The third-order valence-corrected chi connectivity index (χ3v) is 5.34. The van der Waals surface area contributed by atoms with Crippen molar-refractivity contribution in [1.29, 1.82) is 0 Å². The van der Waals surface area contributed by atoms with E-state index in [2.05, 4.69) is 15.3 Å². The van der Waals surface area contributed by atoms with Gasteiger partial charge in [0.25, 0.3) is 5.91 Å². The number of aromatic nitrogens is 2. The third kappa shape index (κ3) is 4.62. The lowest BCUT2D eigenvalue weighted by atomic mass is 10.2. The van der Waals surface area contributed by atoms with Crippen LogP contribution in [0.1, 0.15) is 16.1 Å². The van der Waals surface area contributed by atoms with Crippen LogP contribution in [-0.4, -0.2) is 60.0 Å². The van der Waals surface area contributed by atoms with E-state index in [0.717, 1.165) is 48.5 Å². The lowest BCUT2D eigenvalue weighted by molar-refractivity contribution is 0.0383. The predicted octanol–water partition coefficient (Wildman–Crippen LogP) is 1.94. The molecule has 0 unspecified atom stereocenters. The minimum Gasteiger partial charge on any atom is -0.379 e. The standard InChI is InChI=1S/C18H24N4O2S/c1-14-16(17(23)19-8-9-22-10-12-24-13-11-22)18(21(2)20-14)25-15-6-4-3-5-7-15/h3-7H,8-13H2,1-2H3,(H,19,23). The van der Waals surface area contributed by atoms with Gasteiger partial charge in [0.2, 0.25) is 0 Å². The Balaban J connectivity index is 1.65. The van der Waals surface area contributed by atoms with Crippen LogP contribution in [0.2, 0.25) is 0 Å². The number of carbonyl (C=O) groups is 1. The minimum absolute atomic E-state index is 0.0581. The molecule has 1 fully saturated rings. The zero-order chi connectivity index (χ0) is 17.6. The molecule has 25 heavy (non-hydrogen) atoms. The van der Waals surface area contributed by atoms with Gasteiger partial charge >= 0.3 is 0 Å². The van der Waals surface area contributed by atoms with E-state index >= 15 is 0 Å². The summed E-state index contributed by atoms with van der Waals surface area (Å²) in [7, 11) is 1.88. The topological polar surface area (TPSA) is 59.4 Å². The molecule has 2 heterocycles. The third-order valence-electron chi connectivity index (χ3n) is 4.17. The number of benzene rings is 1. The summed E-state index contributed by atoms with van der Waals surface area (Å²) in [6.45, 7) is 6.75. The lowest BCUT2D eigenvalue weighted by Gasteiger charge is -2.26. The molecule has 0 bridgehead atoms. The van der Waals surface area contributed by atoms with Crippen LogP contribution in [0.15, 0.2) is 40.3 Å². The molecule has 1 amide bonds. The molecule has 7 heteroatoms. The van der Waals surface area contributed by atoms with Crippen molar-refractivity contribution in [3.8, 4) is 0 Å². The molecule has 0 aliphatic carbocycles. The van der Waals surface area contributed by atoms with E-state index in [-0.39, 0.29) is 5.91 Å². The van der Waals surface area contributed by atoms with Gasteiger partial charge < -0.3 is 10.1 Å². The van der Waals surface area contributed by atoms with E-state index in [4.69, 9.17) is 4.74 Å². The van der Waals surface area contributed by atoms with Gasteiger partial charge in [-0.2, -0.15) is 5.10 Å². The Morgan fingerprint density at radius 1 is 1.28 bits per heavy atom. The summed E-state index contributed by atoms with van der Waals surface area (Å²) in [4.78, 5) is 16.1. The van der Waals surface area contributed by atoms with Gasteiger partial charge in [0.15, 0.2) is 0 Å². The summed E-state index contributed by atoms with van der Waals surface area (Å²) < 4.78 is 7.13. The van der Waals surface area contributed by atoms with Gasteiger partial charge in [-0.3, -0.25) is 14.4 Å². The van der Waals surface area contributed by atoms with E-state index in [9.17, 15) is 4.79 Å². The van der Waals surface area contributed by atoms with Crippen molar-refractivity contribution in [2.24, 2.45) is 7.05 Å². The van der Waals surface area contributed by atoms with E-state index in [1.807, 2.05) is 44.3 Å². The number of morpholine rings is 1. The molecule has 1 N–H and O–H groups in total. The largest absolute Gasteiger partial charge is 0.379 e. The number of nitrogens with one attached hydrogen (secondary N) is 1. The number of nitrogens with zero attached hydrogens (tertiary/aromatic N) is 3. The molecule has 1 aromatic heterocycles. The molecule has 6 nitrogen and oxygen atoms in total. The highest BCUT2D eigenvalue weighted by Crippen LogP contribution is 2.31. The molecule has 1 aromatic carbocycles. The number of carbonyl (C=O) groups excluding carboxylic acids is 1. The maximum Gasteiger partial charge on any atom is 0.255 e. The lowest BCUT2D eigenvalue weighted by Crippen LogP contribution is -2.41. The van der Waals surface area contributed by atoms with Crippen molar-refractivity contribution in [3.05, 3.63) is 41.6 Å². The zero-order valence-electron chi connectivity index (χ0n) is 14.7. The molecule has 0 saturated carbocycles. The Morgan fingerprint density at radius 3 is 2.72 bits per heavy atom. The number of hydrogen-bond donors (Lipinski definition) is 1. The van der Waals surface area contributed by atoms with Gasteiger partial charge in [0.05, 0.1) is 24.5 Å². The fraction of sp³-hybridized carbons (Fsp3) is 0.444. The van der Waals surface area contributed by atoms with Crippen LogP contribution in [-0.2, 0) is 11.8 Å². The first-order chi connectivity index (χ1) is 12.1. The Hall–Kier alpha value is -1.83. The average Bonchev–Trinajstić information content (AvgIpc) is 2.90. The Kier molecular flexibility index (Phi) is 6.12. The maximum atomic E-state index is 12.7. The normalized spacial score (nSPS) is 15.3. The van der Waals surface area contributed by atoms with Crippen molar-refractivity contribution in [2.75, 3.05) is 39.4 Å². The smallest absolute Gasteiger partial charge is 0.255 e. The number of hydrogen-bond acceptors (Lipinski definition) is 5. The van der Waals surface area contributed by atoms with Gasteiger partial charge in [-0.05, 0) is 19.1 Å². The quantitative estimate of drug-likeness (QED) is 0.853. The summed E-state index contributed by atoms with van der Waals surface area (Å²) in [6, 6.07) is 10.0. The Bertz CT molecular complexity index is 711. The molecular weight excluding hydrogens is 336 g/mol. The van der Waals surface area contributed by atoms with Gasteiger partial charge in [-0.25, -0.2) is 0 Å². The summed E-state index contributed by atoms with van der Waals surface area (Å²) in [5, 5.41) is 8.34. The van der Waals surface area contributed by atoms with Crippen LogP contribution in [0, 0.1) is 6.92 Å². The maximum absolute atomic E-state index is 12.7. The number of aryl methyl sites for hydroxylation is 2. The summed E-state index contributed by atoms with van der Waals surface area (Å²) >= 11 is 1.56. The second-order valence-electron chi connectivity index (χ2n) is 6.01. The molecule has 0 radical (unpaired) electrons. The summed E-state index contributed by atoms with van der Waals surface area (Å²) in [6.07, 6.45) is 0. The molecule has 1 saturated heterocycles. The first kappa shape index (κ1) is 18.0. The van der Waals surface area contributed by atoms with Crippen LogP contribution >= 0.6 is 11.8 Å². The zero-order valence-corrected chi connectivity index (χ0v) is 15.5. The molecule has 1 aliphatic heterocycles. The number of ether oxygens (including phenoxy) is 1. The Morgan fingerprint density at radius 2 is 2.00 bits per heavy atom. The van der Waals surface area contributed by atoms with Gasteiger partial charge in [-0.15, -0.1) is 0 Å². The monoisotopic (exact) mass is 360 g/mol. The van der Waals surface area contributed by atoms with E-state index < -0.39 is 0 Å². The number of amides is 1. The van der Waals surface area contributed by atoms with E-state index in [0.29, 0.717) is 12.1 Å². The van der Waals surface area contributed by atoms with Crippen molar-refractivity contribution < 1.29 is 9.53 Å². The van der Waals surface area contributed by atoms with Crippen molar-refractivity contribution in [1.82, 2.24) is 20.0 Å². The molecule has 134 valence electrons. The molecule has 0 atom stereocenters. The van der Waals surface area contributed by atoms with Crippen LogP contribution in [0.25, 0.3) is 0 Å². The SMILES string of the molecule is Cc1nn(C)c(Sc2ccccc2)c1C(=O)NCCN1CCOCC1. The van der Waals surface area contributed by atoms with Crippen molar-refractivity contribution >= 4 is 17.7 Å². The first-order valence-corrected chi connectivity index (χ1v) is 9.31. The number of rotatable bonds is 6. The molecule has 2 aromatic rings. The highest BCUT2D eigenvalue weighted by atomic mass is 32.2. The highest BCUT2D eigenvalue weighted by Gasteiger charge is 2.21. The molecule has 1 aliphatic rings. The molecule has 0 spiro atoms. The van der Waals surface area contributed by atoms with E-state index in [1.54, 1.807) is 16.4 Å². The predicted molar refractivity (Wildman–Crippen MR) is 98.1 cm³/mol. The fourth-order valence-electron chi connectivity index (χ4n) is 2.86. The van der Waals surface area contributed by atoms with Crippen LogP contribution in [0.4, 0.5) is 0 Å². The van der Waals surface area contributed by atoms with Crippen LogP contribution < -0.4 is 5.32 Å². The summed E-state index contributed by atoms with van der Waals surface area (Å²) in [5.74, 6) is -0.0581. The average molecular weight is 360 g/mol. The molecule has 3 rings (SSSR count). The first-order valence-electron chi connectivity index (χ1n) is 8.50. The van der Waals surface area contributed by atoms with Crippen molar-refractivity contribution in [2.45, 2.75) is 16.8 Å². The second-order valence-corrected chi connectivity index (χ2v) is 7.08. The Labute approximate surface area is 152 Å². The minimum atomic E-state index is -0.0581. The van der Waals surface area contributed by atoms with Gasteiger partial charge in [-0.1, -0.05) is 30.0 Å². The van der Waals surface area contributed by atoms with Gasteiger partial charge in [0, 0.05) is 38.1 Å².